The van der Waals surface area contributed by atoms with E-state index in [9.17, 15) is 21.6 Å². The molecule has 1 N–H and O–H groups in total. The SMILES string of the molecule is COc1ccc(-c2cc3c(c(-c4ccc(OC)cc4)c2-c2ccc(OC)cc2)Cc2ccccc2-3)cc1.O=S(=O)(O)c1ccccc1C(F)(F)F. The Bertz CT molecular complexity index is 2280. The number of ether oxygens (including phenoxy) is 3. The van der Waals surface area contributed by atoms with E-state index in [1.54, 1.807) is 21.3 Å². The predicted molar refractivity (Wildman–Crippen MR) is 192 cm³/mol. The molecule has 0 saturated heterocycles. The normalized spacial score (nSPS) is 11.9. The molecule has 0 aromatic heterocycles. The van der Waals surface area contributed by atoms with Gasteiger partial charge in [-0.05, 0) is 117 Å². The Morgan fingerprint density at radius 1 is 0.569 bits per heavy atom. The molecule has 10 heteroatoms. The maximum atomic E-state index is 12.2. The second-order valence-corrected chi connectivity index (χ2v) is 13.1. The van der Waals surface area contributed by atoms with Crippen molar-refractivity contribution in [2.45, 2.75) is 17.5 Å². The fraction of sp³-hybridized carbons (Fsp3) is 0.122. The lowest BCUT2D eigenvalue weighted by atomic mass is 9.82. The highest BCUT2D eigenvalue weighted by Gasteiger charge is 2.36. The van der Waals surface area contributed by atoms with Crippen LogP contribution in [0, 0.1) is 0 Å². The Hall–Kier alpha value is -5.58. The molecule has 0 heterocycles. The van der Waals surface area contributed by atoms with Crippen LogP contribution in [-0.2, 0) is 22.7 Å². The van der Waals surface area contributed by atoms with Gasteiger partial charge in [0.1, 0.15) is 22.1 Å². The summed E-state index contributed by atoms with van der Waals surface area (Å²) in [5, 5.41) is 0. The van der Waals surface area contributed by atoms with Gasteiger partial charge in [-0.1, -0.05) is 72.8 Å². The number of rotatable bonds is 7. The van der Waals surface area contributed by atoms with Crippen molar-refractivity contribution in [1.82, 2.24) is 0 Å². The van der Waals surface area contributed by atoms with Crippen molar-refractivity contribution in [3.63, 3.8) is 0 Å². The first kappa shape index (κ1) is 35.3. The summed E-state index contributed by atoms with van der Waals surface area (Å²) in [4.78, 5) is -1.13. The van der Waals surface area contributed by atoms with Crippen LogP contribution in [0.1, 0.15) is 16.7 Å². The Morgan fingerprint density at radius 2 is 1.04 bits per heavy atom. The van der Waals surface area contributed by atoms with Crippen LogP contribution < -0.4 is 14.2 Å². The first-order chi connectivity index (χ1) is 24.4. The van der Waals surface area contributed by atoms with Gasteiger partial charge in [-0.3, -0.25) is 4.55 Å². The van der Waals surface area contributed by atoms with E-state index in [-0.39, 0.29) is 0 Å². The Balaban J connectivity index is 0.000000270. The second-order valence-electron chi connectivity index (χ2n) is 11.7. The molecular formula is C41H33F3O6S. The minimum absolute atomic E-state index is 0.586. The number of fused-ring (bicyclic) bond motifs is 3. The number of halogens is 3. The molecule has 51 heavy (non-hydrogen) atoms. The molecule has 0 radical (unpaired) electrons. The fourth-order valence-electron chi connectivity index (χ4n) is 6.33. The molecule has 0 aliphatic heterocycles. The summed E-state index contributed by atoms with van der Waals surface area (Å²) in [6.45, 7) is 0. The quantitative estimate of drug-likeness (QED) is 0.166. The zero-order valence-corrected chi connectivity index (χ0v) is 28.7. The van der Waals surface area contributed by atoms with Crippen molar-refractivity contribution in [2.24, 2.45) is 0 Å². The van der Waals surface area contributed by atoms with Crippen LogP contribution in [0.15, 0.2) is 132 Å². The van der Waals surface area contributed by atoms with Crippen molar-refractivity contribution < 1.29 is 40.4 Å². The van der Waals surface area contributed by atoms with Crippen molar-refractivity contribution >= 4 is 10.1 Å². The summed E-state index contributed by atoms with van der Waals surface area (Å²) < 4.78 is 82.6. The minimum atomic E-state index is -4.84. The molecule has 7 rings (SSSR count). The van der Waals surface area contributed by atoms with Crippen molar-refractivity contribution in [3.05, 3.63) is 144 Å². The van der Waals surface area contributed by atoms with Gasteiger partial charge in [-0.25, -0.2) is 0 Å². The van der Waals surface area contributed by atoms with Gasteiger partial charge in [0.2, 0.25) is 0 Å². The van der Waals surface area contributed by atoms with Crippen LogP contribution in [-0.4, -0.2) is 34.3 Å². The third-order valence-electron chi connectivity index (χ3n) is 8.74. The standard InChI is InChI=1S/C34H28O3.C7H5F3O3S/c1-35-26-14-8-22(9-15-26)30-21-31-29-7-5-4-6-25(29)20-32(31)34(24-12-18-28(37-3)19-13-24)33(30)23-10-16-27(36-2)17-11-23;8-7(9,10)5-3-1-2-4-6(5)14(11,12)13/h4-19,21H,20H2,1-3H3;1-4H,(H,11,12,13). The molecule has 0 saturated carbocycles. The van der Waals surface area contributed by atoms with Gasteiger partial charge in [0.25, 0.3) is 10.1 Å². The third-order valence-corrected chi connectivity index (χ3v) is 9.65. The Morgan fingerprint density at radius 3 is 1.53 bits per heavy atom. The molecule has 6 nitrogen and oxygen atoms in total. The third kappa shape index (κ3) is 7.33. The van der Waals surface area contributed by atoms with Crippen molar-refractivity contribution in [1.29, 1.82) is 0 Å². The molecule has 0 unspecified atom stereocenters. The summed E-state index contributed by atoms with van der Waals surface area (Å²) in [6.07, 6.45) is -3.90. The largest absolute Gasteiger partial charge is 0.497 e. The highest BCUT2D eigenvalue weighted by Crippen LogP contribution is 2.50. The van der Waals surface area contributed by atoms with Crippen molar-refractivity contribution in [2.75, 3.05) is 21.3 Å². The first-order valence-electron chi connectivity index (χ1n) is 15.8. The molecule has 1 aliphatic rings. The first-order valence-corrected chi connectivity index (χ1v) is 17.2. The summed E-state index contributed by atoms with van der Waals surface area (Å²) >= 11 is 0. The Kier molecular flexibility index (Phi) is 9.91. The minimum Gasteiger partial charge on any atom is -0.497 e. The zero-order chi connectivity index (χ0) is 36.3. The Labute approximate surface area is 294 Å². The fourth-order valence-corrected chi connectivity index (χ4v) is 7.05. The van der Waals surface area contributed by atoms with Crippen LogP contribution in [0.25, 0.3) is 44.5 Å². The number of alkyl halides is 3. The summed E-state index contributed by atoms with van der Waals surface area (Å²) in [7, 11) is 0.270. The van der Waals surface area contributed by atoms with E-state index in [0.717, 1.165) is 46.9 Å². The number of methoxy groups -OCH3 is 3. The van der Waals surface area contributed by atoms with Crippen LogP contribution in [0.4, 0.5) is 13.2 Å². The van der Waals surface area contributed by atoms with E-state index in [1.807, 2.05) is 36.4 Å². The van der Waals surface area contributed by atoms with Gasteiger partial charge >= 0.3 is 6.18 Å². The molecule has 6 aromatic rings. The van der Waals surface area contributed by atoms with Gasteiger partial charge in [-0.15, -0.1) is 0 Å². The lowest BCUT2D eigenvalue weighted by Gasteiger charge is -2.21. The van der Waals surface area contributed by atoms with Gasteiger partial charge in [0.05, 0.1) is 26.9 Å². The predicted octanol–water partition coefficient (Wildman–Crippen LogP) is 10.2. The highest BCUT2D eigenvalue weighted by molar-refractivity contribution is 7.85. The average molecular weight is 711 g/mol. The molecule has 0 spiro atoms. The lowest BCUT2D eigenvalue weighted by molar-refractivity contribution is -0.140. The summed E-state index contributed by atoms with van der Waals surface area (Å²) in [5.74, 6) is 2.53. The summed E-state index contributed by atoms with van der Waals surface area (Å²) in [6, 6.07) is 39.7. The van der Waals surface area contributed by atoms with E-state index in [2.05, 4.69) is 66.7 Å². The maximum absolute atomic E-state index is 12.2. The summed E-state index contributed by atoms with van der Waals surface area (Å²) in [5.41, 5.74) is 11.1. The average Bonchev–Trinajstić information content (AvgIpc) is 3.52. The maximum Gasteiger partial charge on any atom is 0.417 e. The number of benzene rings is 6. The van der Waals surface area contributed by atoms with E-state index in [0.29, 0.717) is 12.1 Å². The number of hydrogen-bond acceptors (Lipinski definition) is 5. The van der Waals surface area contributed by atoms with Crippen LogP contribution in [0.2, 0.25) is 0 Å². The second kappa shape index (κ2) is 14.3. The monoisotopic (exact) mass is 710 g/mol. The molecular weight excluding hydrogens is 678 g/mol. The van der Waals surface area contributed by atoms with Crippen molar-refractivity contribution in [3.8, 4) is 61.8 Å². The smallest absolute Gasteiger partial charge is 0.417 e. The molecule has 0 bridgehead atoms. The van der Waals surface area contributed by atoms with Crippen LogP contribution in [0.3, 0.4) is 0 Å². The molecule has 0 amide bonds. The highest BCUT2D eigenvalue weighted by atomic mass is 32.2. The van der Waals surface area contributed by atoms with E-state index in [1.165, 1.54) is 44.5 Å². The van der Waals surface area contributed by atoms with E-state index >= 15 is 0 Å². The van der Waals surface area contributed by atoms with E-state index in [4.69, 9.17) is 18.8 Å². The molecule has 1 aliphatic carbocycles. The van der Waals surface area contributed by atoms with Gasteiger partial charge in [0.15, 0.2) is 0 Å². The van der Waals surface area contributed by atoms with Gasteiger partial charge in [0, 0.05) is 0 Å². The van der Waals surface area contributed by atoms with Gasteiger partial charge < -0.3 is 14.2 Å². The molecule has 0 fully saturated rings. The lowest BCUT2D eigenvalue weighted by Crippen LogP contribution is -2.12. The number of hydrogen-bond donors (Lipinski definition) is 1. The molecule has 6 aromatic carbocycles. The van der Waals surface area contributed by atoms with E-state index < -0.39 is 26.8 Å². The zero-order valence-electron chi connectivity index (χ0n) is 27.9. The molecule has 260 valence electrons. The van der Waals surface area contributed by atoms with Gasteiger partial charge in [-0.2, -0.15) is 21.6 Å². The van der Waals surface area contributed by atoms with Crippen LogP contribution in [0.5, 0.6) is 17.2 Å². The topological polar surface area (TPSA) is 82.1 Å². The van der Waals surface area contributed by atoms with Crippen LogP contribution >= 0.6 is 0 Å². The molecule has 0 atom stereocenters.